The van der Waals surface area contributed by atoms with E-state index in [2.05, 4.69) is 41.6 Å². The van der Waals surface area contributed by atoms with Crippen LogP contribution in [0.2, 0.25) is 0 Å². The topological polar surface area (TPSA) is 15.3 Å². The van der Waals surface area contributed by atoms with Crippen LogP contribution in [0.4, 0.5) is 0 Å². The minimum atomic E-state index is 0.578. The number of hydrogen-bond donors (Lipinski definition) is 1. The molecular weight excluding hydrogens is 228 g/mol. The van der Waals surface area contributed by atoms with Crippen LogP contribution in [0.3, 0.4) is 0 Å². The third kappa shape index (κ3) is 3.54. The molecule has 1 N–H and O–H groups in total. The lowest BCUT2D eigenvalue weighted by atomic mass is 10.1. The van der Waals surface area contributed by atoms with Gasteiger partial charge in [-0.1, -0.05) is 19.4 Å². The summed E-state index contributed by atoms with van der Waals surface area (Å²) in [7, 11) is 0. The molecule has 1 aromatic heterocycles. The Morgan fingerprint density at radius 2 is 2.47 bits per heavy atom. The molecular formula is C14H24N2S. The third-order valence-corrected chi connectivity index (χ3v) is 4.69. The number of hydrogen-bond acceptors (Lipinski definition) is 3. The van der Waals surface area contributed by atoms with Gasteiger partial charge in [-0.05, 0) is 37.8 Å². The number of thiophene rings is 1. The van der Waals surface area contributed by atoms with Gasteiger partial charge in [0.2, 0.25) is 0 Å². The molecule has 3 heteroatoms. The van der Waals surface area contributed by atoms with Crippen LogP contribution >= 0.6 is 11.3 Å². The molecule has 17 heavy (non-hydrogen) atoms. The monoisotopic (exact) mass is 252 g/mol. The Morgan fingerprint density at radius 3 is 3.18 bits per heavy atom. The standard InChI is InChI=1S/C14H24N2S/c1-3-6-13-11-16(9-5-8-15-13)12(2)14-7-4-10-17-14/h4,7,10,12-13,15H,3,5-6,8-9,11H2,1-2H3. The van der Waals surface area contributed by atoms with E-state index in [1.165, 1.54) is 43.8 Å². The quantitative estimate of drug-likeness (QED) is 0.885. The Hall–Kier alpha value is -0.380. The molecule has 96 valence electrons. The first-order chi connectivity index (χ1) is 8.31. The summed E-state index contributed by atoms with van der Waals surface area (Å²) in [6, 6.07) is 5.69. The molecule has 0 aliphatic carbocycles. The summed E-state index contributed by atoms with van der Waals surface area (Å²) in [4.78, 5) is 4.15. The van der Waals surface area contributed by atoms with Crippen LogP contribution in [-0.4, -0.2) is 30.6 Å². The zero-order valence-corrected chi connectivity index (χ0v) is 11.8. The number of rotatable bonds is 4. The van der Waals surface area contributed by atoms with Crippen LogP contribution in [0.15, 0.2) is 17.5 Å². The first-order valence-electron chi connectivity index (χ1n) is 6.82. The highest BCUT2D eigenvalue weighted by molar-refractivity contribution is 7.10. The van der Waals surface area contributed by atoms with Crippen molar-refractivity contribution in [2.24, 2.45) is 0 Å². The van der Waals surface area contributed by atoms with Crippen molar-refractivity contribution >= 4 is 11.3 Å². The van der Waals surface area contributed by atoms with Crippen molar-refractivity contribution in [2.45, 2.75) is 45.2 Å². The Labute approximate surface area is 109 Å². The number of nitrogens with zero attached hydrogens (tertiary/aromatic N) is 1. The molecule has 2 atom stereocenters. The van der Waals surface area contributed by atoms with E-state index in [9.17, 15) is 0 Å². The van der Waals surface area contributed by atoms with Crippen molar-refractivity contribution in [1.82, 2.24) is 10.2 Å². The van der Waals surface area contributed by atoms with Crippen LogP contribution in [0, 0.1) is 0 Å². The lowest BCUT2D eigenvalue weighted by Crippen LogP contribution is -2.38. The molecule has 0 amide bonds. The fourth-order valence-electron chi connectivity index (χ4n) is 2.63. The molecule has 2 heterocycles. The number of nitrogens with one attached hydrogen (secondary N) is 1. The molecule has 1 aliphatic heterocycles. The average Bonchev–Trinajstić information content (AvgIpc) is 2.76. The SMILES string of the molecule is CCCC1CN(C(C)c2cccs2)CCCN1. The molecule has 1 aromatic rings. The minimum absolute atomic E-state index is 0.578. The van der Waals surface area contributed by atoms with E-state index in [1.807, 2.05) is 11.3 Å². The minimum Gasteiger partial charge on any atom is -0.313 e. The molecule has 1 aliphatic rings. The van der Waals surface area contributed by atoms with Crippen molar-refractivity contribution in [3.05, 3.63) is 22.4 Å². The smallest absolute Gasteiger partial charge is 0.0413 e. The highest BCUT2D eigenvalue weighted by Gasteiger charge is 2.22. The molecule has 0 bridgehead atoms. The fourth-order valence-corrected chi connectivity index (χ4v) is 3.45. The van der Waals surface area contributed by atoms with E-state index in [1.54, 1.807) is 0 Å². The van der Waals surface area contributed by atoms with Crippen molar-refractivity contribution in [1.29, 1.82) is 0 Å². The van der Waals surface area contributed by atoms with E-state index in [0.717, 1.165) is 0 Å². The lowest BCUT2D eigenvalue weighted by molar-refractivity contribution is 0.206. The Kier molecular flexibility index (Phi) is 5.01. The fraction of sp³-hybridized carbons (Fsp3) is 0.714. The molecule has 2 unspecified atom stereocenters. The Balaban J connectivity index is 1.98. The van der Waals surface area contributed by atoms with E-state index < -0.39 is 0 Å². The molecule has 1 saturated heterocycles. The second-order valence-electron chi connectivity index (χ2n) is 4.98. The van der Waals surface area contributed by atoms with Gasteiger partial charge in [-0.25, -0.2) is 0 Å². The molecule has 2 nitrogen and oxygen atoms in total. The van der Waals surface area contributed by atoms with Crippen LogP contribution < -0.4 is 5.32 Å². The molecule has 0 saturated carbocycles. The molecule has 1 fully saturated rings. The highest BCUT2D eigenvalue weighted by atomic mass is 32.1. The largest absolute Gasteiger partial charge is 0.313 e. The van der Waals surface area contributed by atoms with Crippen molar-refractivity contribution in [3.63, 3.8) is 0 Å². The maximum absolute atomic E-state index is 3.67. The maximum Gasteiger partial charge on any atom is 0.0413 e. The van der Waals surface area contributed by atoms with E-state index in [0.29, 0.717) is 12.1 Å². The summed E-state index contributed by atoms with van der Waals surface area (Å²) in [5.74, 6) is 0. The summed E-state index contributed by atoms with van der Waals surface area (Å²) in [6.07, 6.45) is 3.85. The zero-order chi connectivity index (χ0) is 12.1. The lowest BCUT2D eigenvalue weighted by Gasteiger charge is -2.29. The van der Waals surface area contributed by atoms with Gasteiger partial charge >= 0.3 is 0 Å². The molecule has 0 aromatic carbocycles. The maximum atomic E-state index is 3.67. The van der Waals surface area contributed by atoms with Gasteiger partial charge in [0.05, 0.1) is 0 Å². The molecule has 0 spiro atoms. The predicted molar refractivity (Wildman–Crippen MR) is 75.6 cm³/mol. The van der Waals surface area contributed by atoms with Crippen molar-refractivity contribution in [3.8, 4) is 0 Å². The van der Waals surface area contributed by atoms with E-state index >= 15 is 0 Å². The predicted octanol–water partition coefficient (Wildman–Crippen LogP) is 3.27. The van der Waals surface area contributed by atoms with Crippen LogP contribution in [-0.2, 0) is 0 Å². The van der Waals surface area contributed by atoms with Gasteiger partial charge in [0.25, 0.3) is 0 Å². The Bertz CT molecular complexity index is 310. The Morgan fingerprint density at radius 1 is 1.59 bits per heavy atom. The van der Waals surface area contributed by atoms with Gasteiger partial charge in [-0.3, -0.25) is 4.90 Å². The first-order valence-corrected chi connectivity index (χ1v) is 7.70. The summed E-state index contributed by atoms with van der Waals surface area (Å²) in [5.41, 5.74) is 0. The van der Waals surface area contributed by atoms with Gasteiger partial charge in [0.1, 0.15) is 0 Å². The highest BCUT2D eigenvalue weighted by Crippen LogP contribution is 2.25. The van der Waals surface area contributed by atoms with Crippen LogP contribution in [0.25, 0.3) is 0 Å². The summed E-state index contributed by atoms with van der Waals surface area (Å²) < 4.78 is 0. The first kappa shape index (κ1) is 13.1. The molecule has 2 rings (SSSR count). The molecule has 0 radical (unpaired) electrons. The summed E-state index contributed by atoms with van der Waals surface area (Å²) in [6.45, 7) is 8.23. The summed E-state index contributed by atoms with van der Waals surface area (Å²) in [5, 5.41) is 5.86. The van der Waals surface area contributed by atoms with Crippen LogP contribution in [0.1, 0.15) is 44.0 Å². The second-order valence-corrected chi connectivity index (χ2v) is 5.96. The summed E-state index contributed by atoms with van der Waals surface area (Å²) >= 11 is 1.88. The van der Waals surface area contributed by atoms with Gasteiger partial charge in [-0.2, -0.15) is 0 Å². The van der Waals surface area contributed by atoms with Gasteiger partial charge < -0.3 is 5.32 Å². The van der Waals surface area contributed by atoms with Gasteiger partial charge in [-0.15, -0.1) is 11.3 Å². The zero-order valence-electron chi connectivity index (χ0n) is 11.0. The van der Waals surface area contributed by atoms with E-state index in [-0.39, 0.29) is 0 Å². The van der Waals surface area contributed by atoms with Crippen molar-refractivity contribution in [2.75, 3.05) is 19.6 Å². The van der Waals surface area contributed by atoms with E-state index in [4.69, 9.17) is 0 Å². The van der Waals surface area contributed by atoms with Crippen molar-refractivity contribution < 1.29 is 0 Å². The second kappa shape index (κ2) is 6.53. The van der Waals surface area contributed by atoms with Gasteiger partial charge in [0.15, 0.2) is 0 Å². The van der Waals surface area contributed by atoms with Crippen LogP contribution in [0.5, 0.6) is 0 Å². The average molecular weight is 252 g/mol. The third-order valence-electron chi connectivity index (χ3n) is 3.65. The normalized spacial score (nSPS) is 24.5. The van der Waals surface area contributed by atoms with Gasteiger partial charge in [0, 0.05) is 30.1 Å².